The lowest BCUT2D eigenvalue weighted by Gasteiger charge is -2.08. The van der Waals surface area contributed by atoms with E-state index in [1.807, 2.05) is 31.2 Å². The minimum Gasteiger partial charge on any atom is -0.478 e. The first-order valence-electron chi connectivity index (χ1n) is 5.35. The maximum absolute atomic E-state index is 13.7. The Hall–Kier alpha value is -1.81. The smallest absolute Gasteiger partial charge is 0.336 e. The zero-order valence-corrected chi connectivity index (χ0v) is 10.5. The maximum atomic E-state index is 13.7. The summed E-state index contributed by atoms with van der Waals surface area (Å²) in [7, 11) is 0. The monoisotopic (exact) mass is 262 g/mol. The Bertz CT molecular complexity index is 596. The first kappa shape index (κ1) is 12.6. The summed E-state index contributed by atoms with van der Waals surface area (Å²) in [4.78, 5) is 12.1. The molecule has 2 aromatic carbocycles. The van der Waals surface area contributed by atoms with E-state index >= 15 is 0 Å². The van der Waals surface area contributed by atoms with Gasteiger partial charge in [-0.25, -0.2) is 9.18 Å². The van der Waals surface area contributed by atoms with Gasteiger partial charge in [-0.15, -0.1) is 0 Å². The van der Waals surface area contributed by atoms with Gasteiger partial charge in [0.25, 0.3) is 0 Å². The van der Waals surface area contributed by atoms with Gasteiger partial charge in [0.2, 0.25) is 0 Å². The molecule has 4 heteroatoms. The molecular formula is C14H11FO2S. The molecule has 0 aromatic heterocycles. The zero-order valence-electron chi connectivity index (χ0n) is 9.68. The Morgan fingerprint density at radius 2 is 1.89 bits per heavy atom. The highest BCUT2D eigenvalue weighted by Gasteiger charge is 2.15. The molecule has 0 heterocycles. The van der Waals surface area contributed by atoms with E-state index in [0.29, 0.717) is 0 Å². The average Bonchev–Trinajstić information content (AvgIpc) is 2.34. The first-order chi connectivity index (χ1) is 8.59. The average molecular weight is 262 g/mol. The number of aromatic carboxylic acids is 1. The molecule has 0 bridgehead atoms. The van der Waals surface area contributed by atoms with Crippen molar-refractivity contribution < 1.29 is 14.3 Å². The molecule has 0 unspecified atom stereocenters. The summed E-state index contributed by atoms with van der Waals surface area (Å²) in [5.41, 5.74) is 0.977. The minimum absolute atomic E-state index is 0.0109. The molecule has 0 aliphatic carbocycles. The van der Waals surface area contributed by atoms with Crippen LogP contribution in [0.5, 0.6) is 0 Å². The van der Waals surface area contributed by atoms with Crippen LogP contribution in [0.3, 0.4) is 0 Å². The highest BCUT2D eigenvalue weighted by Crippen LogP contribution is 2.34. The number of carboxylic acid groups (broad SMARTS) is 1. The fraction of sp³-hybridized carbons (Fsp3) is 0.0714. The number of carboxylic acids is 1. The molecular weight excluding hydrogens is 251 g/mol. The van der Waals surface area contributed by atoms with Crippen molar-refractivity contribution in [3.05, 3.63) is 59.4 Å². The molecule has 0 atom stereocenters. The molecule has 0 fully saturated rings. The van der Waals surface area contributed by atoms with E-state index in [9.17, 15) is 9.18 Å². The molecule has 1 N–H and O–H groups in total. The predicted molar refractivity (Wildman–Crippen MR) is 68.7 cm³/mol. The number of hydrogen-bond acceptors (Lipinski definition) is 2. The highest BCUT2D eigenvalue weighted by atomic mass is 32.2. The Balaban J connectivity index is 2.46. The summed E-state index contributed by atoms with van der Waals surface area (Å²) >= 11 is 1.14. The Morgan fingerprint density at radius 3 is 2.56 bits per heavy atom. The van der Waals surface area contributed by atoms with Gasteiger partial charge in [-0.05, 0) is 30.7 Å². The fourth-order valence-electron chi connectivity index (χ4n) is 1.56. The first-order valence-corrected chi connectivity index (χ1v) is 6.16. The summed E-state index contributed by atoms with van der Waals surface area (Å²) in [5, 5.41) is 9.06. The second-order valence-electron chi connectivity index (χ2n) is 3.79. The standard InChI is InChI=1S/C14H11FO2S/c1-9-5-2-3-8-12(9)18-13-10(14(16)17)6-4-7-11(13)15/h2-8H,1H3,(H,16,17). The number of hydrogen-bond donors (Lipinski definition) is 1. The van der Waals surface area contributed by atoms with E-state index in [1.165, 1.54) is 18.2 Å². The Morgan fingerprint density at radius 1 is 1.17 bits per heavy atom. The summed E-state index contributed by atoms with van der Waals surface area (Å²) in [6.45, 7) is 1.91. The topological polar surface area (TPSA) is 37.3 Å². The van der Waals surface area contributed by atoms with Crippen molar-refractivity contribution in [2.75, 3.05) is 0 Å². The lowest BCUT2D eigenvalue weighted by atomic mass is 10.2. The normalized spacial score (nSPS) is 10.3. The third kappa shape index (κ3) is 2.54. The summed E-state index contributed by atoms with van der Waals surface area (Å²) in [5.74, 6) is -1.63. The van der Waals surface area contributed by atoms with Gasteiger partial charge in [0.1, 0.15) is 5.82 Å². The van der Waals surface area contributed by atoms with Crippen LogP contribution in [0.2, 0.25) is 0 Å². The maximum Gasteiger partial charge on any atom is 0.336 e. The van der Waals surface area contributed by atoms with Crippen LogP contribution in [0.1, 0.15) is 15.9 Å². The largest absolute Gasteiger partial charge is 0.478 e. The summed E-state index contributed by atoms with van der Waals surface area (Å²) < 4.78 is 13.7. The van der Waals surface area contributed by atoms with Gasteiger partial charge < -0.3 is 5.11 Å². The molecule has 2 aromatic rings. The Kier molecular flexibility index (Phi) is 3.67. The molecule has 0 aliphatic rings. The predicted octanol–water partition coefficient (Wildman–Crippen LogP) is 3.98. The summed E-state index contributed by atoms with van der Waals surface area (Å²) in [6, 6.07) is 11.6. The number of benzene rings is 2. The van der Waals surface area contributed by atoms with E-state index < -0.39 is 11.8 Å². The van der Waals surface area contributed by atoms with Crippen LogP contribution in [0.25, 0.3) is 0 Å². The quantitative estimate of drug-likeness (QED) is 0.909. The lowest BCUT2D eigenvalue weighted by Crippen LogP contribution is -2.00. The molecule has 2 nitrogen and oxygen atoms in total. The number of carbonyl (C=O) groups is 1. The van der Waals surface area contributed by atoms with E-state index in [-0.39, 0.29) is 10.5 Å². The van der Waals surface area contributed by atoms with E-state index in [2.05, 4.69) is 0 Å². The Labute approximate surface area is 108 Å². The van der Waals surface area contributed by atoms with Crippen LogP contribution in [0.4, 0.5) is 4.39 Å². The van der Waals surface area contributed by atoms with Crippen molar-refractivity contribution in [1.29, 1.82) is 0 Å². The van der Waals surface area contributed by atoms with Crippen LogP contribution in [-0.2, 0) is 0 Å². The second-order valence-corrected chi connectivity index (χ2v) is 4.84. The molecule has 0 aliphatic heterocycles. The van der Waals surface area contributed by atoms with E-state index in [4.69, 9.17) is 5.11 Å². The molecule has 92 valence electrons. The van der Waals surface area contributed by atoms with Crippen LogP contribution >= 0.6 is 11.8 Å². The molecule has 0 radical (unpaired) electrons. The van der Waals surface area contributed by atoms with Gasteiger partial charge in [0, 0.05) is 4.90 Å². The fourth-order valence-corrected chi connectivity index (χ4v) is 2.59. The molecule has 0 saturated heterocycles. The van der Waals surface area contributed by atoms with Crippen molar-refractivity contribution in [3.8, 4) is 0 Å². The van der Waals surface area contributed by atoms with Gasteiger partial charge in [-0.2, -0.15) is 0 Å². The van der Waals surface area contributed by atoms with E-state index in [1.54, 1.807) is 0 Å². The second kappa shape index (κ2) is 5.23. The molecule has 2 rings (SSSR count). The van der Waals surface area contributed by atoms with Gasteiger partial charge in [-0.1, -0.05) is 36.0 Å². The molecule has 0 spiro atoms. The lowest BCUT2D eigenvalue weighted by molar-refractivity contribution is 0.0692. The number of halogens is 1. The third-order valence-electron chi connectivity index (χ3n) is 2.50. The number of aryl methyl sites for hydroxylation is 1. The van der Waals surface area contributed by atoms with Crippen molar-refractivity contribution >= 4 is 17.7 Å². The van der Waals surface area contributed by atoms with Crippen LogP contribution in [0, 0.1) is 12.7 Å². The number of rotatable bonds is 3. The molecule has 18 heavy (non-hydrogen) atoms. The summed E-state index contributed by atoms with van der Waals surface area (Å²) in [6.07, 6.45) is 0. The van der Waals surface area contributed by atoms with Gasteiger partial charge in [-0.3, -0.25) is 0 Å². The van der Waals surface area contributed by atoms with Crippen LogP contribution < -0.4 is 0 Å². The molecule has 0 amide bonds. The minimum atomic E-state index is -1.12. The SMILES string of the molecule is Cc1ccccc1Sc1c(F)cccc1C(=O)O. The highest BCUT2D eigenvalue weighted by molar-refractivity contribution is 7.99. The van der Waals surface area contributed by atoms with Gasteiger partial charge >= 0.3 is 5.97 Å². The zero-order chi connectivity index (χ0) is 13.1. The molecule has 0 saturated carbocycles. The van der Waals surface area contributed by atoms with Crippen molar-refractivity contribution in [3.63, 3.8) is 0 Å². The third-order valence-corrected chi connectivity index (χ3v) is 3.80. The van der Waals surface area contributed by atoms with Crippen LogP contribution in [-0.4, -0.2) is 11.1 Å². The van der Waals surface area contributed by atoms with Crippen molar-refractivity contribution in [1.82, 2.24) is 0 Å². The van der Waals surface area contributed by atoms with E-state index in [0.717, 1.165) is 22.2 Å². The van der Waals surface area contributed by atoms with Crippen molar-refractivity contribution in [2.24, 2.45) is 0 Å². The van der Waals surface area contributed by atoms with Crippen LogP contribution in [0.15, 0.2) is 52.3 Å². The van der Waals surface area contributed by atoms with Gasteiger partial charge in [0.05, 0.1) is 10.5 Å². The van der Waals surface area contributed by atoms with Crippen molar-refractivity contribution in [2.45, 2.75) is 16.7 Å². The van der Waals surface area contributed by atoms with Gasteiger partial charge in [0.15, 0.2) is 0 Å².